The molecule has 0 radical (unpaired) electrons. The smallest absolute Gasteiger partial charge is 0.271 e. The van der Waals surface area contributed by atoms with Crippen molar-refractivity contribution in [2.75, 3.05) is 11.9 Å². The molecule has 0 spiro atoms. The molecule has 0 saturated heterocycles. The van der Waals surface area contributed by atoms with Gasteiger partial charge in [0.05, 0.1) is 0 Å². The fourth-order valence-electron chi connectivity index (χ4n) is 6.91. The van der Waals surface area contributed by atoms with Gasteiger partial charge in [-0.1, -0.05) is 6.07 Å². The number of fused-ring (bicyclic) bond motifs is 1. The van der Waals surface area contributed by atoms with Gasteiger partial charge in [0.15, 0.2) is 0 Å². The van der Waals surface area contributed by atoms with Gasteiger partial charge in [-0.2, -0.15) is 0 Å². The van der Waals surface area contributed by atoms with E-state index in [9.17, 15) is 9.59 Å². The molecule has 158 valence electrons. The fraction of sp³-hybridized carbons (Fsp3) is 0.625. The van der Waals surface area contributed by atoms with Gasteiger partial charge < -0.3 is 10.6 Å². The maximum Gasteiger partial charge on any atom is 0.271 e. The minimum atomic E-state index is -0.142. The number of nitrogens with one attached hydrogen (secondary N) is 2. The van der Waals surface area contributed by atoms with E-state index in [1.165, 1.54) is 51.4 Å². The molecular weight excluding hydrogens is 376 g/mol. The average molecular weight is 407 g/mol. The van der Waals surface area contributed by atoms with Gasteiger partial charge in [-0.05, 0) is 92.6 Å². The van der Waals surface area contributed by atoms with E-state index in [0.717, 1.165) is 24.3 Å². The third-order valence-corrected chi connectivity index (χ3v) is 7.94. The fourth-order valence-corrected chi connectivity index (χ4v) is 6.91. The van der Waals surface area contributed by atoms with Crippen molar-refractivity contribution >= 4 is 23.3 Å². The lowest BCUT2D eigenvalue weighted by molar-refractivity contribution is -0.124. The quantitative estimate of drug-likeness (QED) is 0.761. The number of aromatic nitrogens is 2. The van der Waals surface area contributed by atoms with Crippen molar-refractivity contribution in [3.63, 3.8) is 0 Å². The van der Waals surface area contributed by atoms with Crippen LogP contribution in [0.15, 0.2) is 24.4 Å². The van der Waals surface area contributed by atoms with Crippen LogP contribution in [0, 0.1) is 29.1 Å². The Hall–Kier alpha value is -2.37. The molecule has 2 heterocycles. The lowest BCUT2D eigenvalue weighted by Gasteiger charge is -2.56. The number of carbonyl (C=O) groups is 2. The molecule has 0 atom stereocenters. The molecular formula is C24H30N4O2. The number of anilines is 1. The van der Waals surface area contributed by atoms with Crippen LogP contribution in [-0.4, -0.2) is 27.7 Å². The Labute approximate surface area is 176 Å². The first kappa shape index (κ1) is 18.4. The zero-order valence-corrected chi connectivity index (χ0v) is 17.4. The normalized spacial score (nSPS) is 31.8. The SMILES string of the molecule is O=C(CC12CC3CC(CC(C3)C1)C2)Nc1cccc2nc(C(=O)NCC3CC3)cn12. The maximum absolute atomic E-state index is 13.0. The van der Waals surface area contributed by atoms with Gasteiger partial charge in [0.25, 0.3) is 5.91 Å². The van der Waals surface area contributed by atoms with Gasteiger partial charge in [-0.3, -0.25) is 14.0 Å². The summed E-state index contributed by atoms with van der Waals surface area (Å²) in [5.74, 6) is 3.81. The second kappa shape index (κ2) is 6.82. The average Bonchev–Trinajstić information content (AvgIpc) is 3.40. The van der Waals surface area contributed by atoms with Gasteiger partial charge in [-0.25, -0.2) is 4.98 Å². The molecule has 4 bridgehead atoms. The van der Waals surface area contributed by atoms with E-state index in [1.807, 2.05) is 22.6 Å². The number of hydrogen-bond acceptors (Lipinski definition) is 3. The van der Waals surface area contributed by atoms with Crippen LogP contribution in [0.3, 0.4) is 0 Å². The summed E-state index contributed by atoms with van der Waals surface area (Å²) >= 11 is 0. The van der Waals surface area contributed by atoms with Crippen LogP contribution in [-0.2, 0) is 4.79 Å². The standard InChI is InChI=1S/C24H30N4O2/c29-22(12-24-9-16-6-17(10-24)8-18(7-16)11-24)27-21-3-1-2-20-26-19(14-28(20)21)23(30)25-13-15-4-5-15/h1-3,14-18H,4-13H2,(H,25,30)(H,27,29). The summed E-state index contributed by atoms with van der Waals surface area (Å²) < 4.78 is 1.82. The minimum absolute atomic E-state index is 0.0953. The Balaban J connectivity index is 1.17. The van der Waals surface area contributed by atoms with Gasteiger partial charge in [-0.15, -0.1) is 0 Å². The topological polar surface area (TPSA) is 75.5 Å². The lowest BCUT2D eigenvalue weighted by Crippen LogP contribution is -2.47. The number of rotatable bonds is 6. The number of carbonyl (C=O) groups excluding carboxylic acids is 2. The first-order valence-electron chi connectivity index (χ1n) is 11.6. The van der Waals surface area contributed by atoms with Crippen molar-refractivity contribution in [1.82, 2.24) is 14.7 Å². The lowest BCUT2D eigenvalue weighted by atomic mass is 9.49. The summed E-state index contributed by atoms with van der Waals surface area (Å²) in [6, 6.07) is 5.64. The molecule has 5 aliphatic carbocycles. The predicted molar refractivity (Wildman–Crippen MR) is 114 cm³/mol. The van der Waals surface area contributed by atoms with Gasteiger partial charge >= 0.3 is 0 Å². The molecule has 0 aromatic carbocycles. The molecule has 0 aliphatic heterocycles. The summed E-state index contributed by atoms with van der Waals surface area (Å²) in [4.78, 5) is 29.9. The molecule has 5 fully saturated rings. The molecule has 2 aromatic rings. The number of nitrogens with zero attached hydrogens (tertiary/aromatic N) is 2. The highest BCUT2D eigenvalue weighted by molar-refractivity contribution is 5.94. The van der Waals surface area contributed by atoms with Crippen molar-refractivity contribution in [1.29, 1.82) is 0 Å². The Morgan fingerprint density at radius 2 is 1.77 bits per heavy atom. The summed E-state index contributed by atoms with van der Waals surface area (Å²) in [7, 11) is 0. The van der Waals surface area contributed by atoms with Crippen LogP contribution in [0.25, 0.3) is 5.65 Å². The van der Waals surface area contributed by atoms with Crippen LogP contribution < -0.4 is 10.6 Å². The Kier molecular flexibility index (Phi) is 4.19. The van der Waals surface area contributed by atoms with Gasteiger partial charge in [0.2, 0.25) is 5.91 Å². The number of amides is 2. The van der Waals surface area contributed by atoms with Crippen molar-refractivity contribution < 1.29 is 9.59 Å². The first-order chi connectivity index (χ1) is 14.6. The van der Waals surface area contributed by atoms with E-state index < -0.39 is 0 Å². The maximum atomic E-state index is 13.0. The zero-order chi connectivity index (χ0) is 20.3. The van der Waals surface area contributed by atoms with E-state index >= 15 is 0 Å². The minimum Gasteiger partial charge on any atom is -0.350 e. The largest absolute Gasteiger partial charge is 0.350 e. The third-order valence-electron chi connectivity index (χ3n) is 7.94. The molecule has 2 aromatic heterocycles. The molecule has 5 saturated carbocycles. The van der Waals surface area contributed by atoms with Crippen molar-refractivity contribution in [3.05, 3.63) is 30.1 Å². The Morgan fingerprint density at radius 3 is 2.43 bits per heavy atom. The van der Waals surface area contributed by atoms with Crippen LogP contribution in [0.2, 0.25) is 0 Å². The highest BCUT2D eigenvalue weighted by Crippen LogP contribution is 2.61. The summed E-state index contributed by atoms with van der Waals surface area (Å²) in [5, 5.41) is 6.09. The first-order valence-corrected chi connectivity index (χ1v) is 11.6. The second-order valence-electron chi connectivity index (χ2n) is 10.6. The van der Waals surface area contributed by atoms with Crippen molar-refractivity contribution in [2.24, 2.45) is 29.1 Å². The molecule has 6 heteroatoms. The van der Waals surface area contributed by atoms with E-state index in [1.54, 1.807) is 6.20 Å². The second-order valence-corrected chi connectivity index (χ2v) is 10.6. The predicted octanol–water partition coefficient (Wildman–Crippen LogP) is 4.02. The van der Waals surface area contributed by atoms with E-state index in [4.69, 9.17) is 0 Å². The highest BCUT2D eigenvalue weighted by Gasteiger charge is 2.51. The number of pyridine rings is 1. The molecule has 2 N–H and O–H groups in total. The number of hydrogen-bond donors (Lipinski definition) is 2. The third kappa shape index (κ3) is 3.40. The molecule has 0 unspecified atom stereocenters. The Bertz CT molecular complexity index is 971. The van der Waals surface area contributed by atoms with Crippen LogP contribution in [0.4, 0.5) is 5.82 Å². The summed E-state index contributed by atoms with van der Waals surface area (Å²) in [5.41, 5.74) is 1.30. The monoisotopic (exact) mass is 406 g/mol. The van der Waals surface area contributed by atoms with Crippen LogP contribution >= 0.6 is 0 Å². The summed E-state index contributed by atoms with van der Waals surface area (Å²) in [6.07, 6.45) is 12.6. The van der Waals surface area contributed by atoms with Gasteiger partial charge in [0, 0.05) is 19.2 Å². The van der Waals surface area contributed by atoms with Crippen molar-refractivity contribution in [3.8, 4) is 0 Å². The molecule has 5 aliphatic rings. The van der Waals surface area contributed by atoms with E-state index in [0.29, 0.717) is 29.5 Å². The van der Waals surface area contributed by atoms with Crippen molar-refractivity contribution in [2.45, 2.75) is 57.8 Å². The van der Waals surface area contributed by atoms with Crippen LogP contribution in [0.1, 0.15) is 68.3 Å². The Morgan fingerprint density at radius 1 is 1.07 bits per heavy atom. The van der Waals surface area contributed by atoms with E-state index in [-0.39, 0.29) is 17.2 Å². The molecule has 2 amide bonds. The molecule has 6 nitrogen and oxygen atoms in total. The molecule has 30 heavy (non-hydrogen) atoms. The number of imidazole rings is 1. The van der Waals surface area contributed by atoms with Gasteiger partial charge in [0.1, 0.15) is 17.2 Å². The highest BCUT2D eigenvalue weighted by atomic mass is 16.2. The zero-order valence-electron chi connectivity index (χ0n) is 17.4. The van der Waals surface area contributed by atoms with E-state index in [2.05, 4.69) is 15.6 Å². The summed E-state index contributed by atoms with van der Waals surface area (Å²) in [6.45, 7) is 0.724. The van der Waals surface area contributed by atoms with Crippen LogP contribution in [0.5, 0.6) is 0 Å². The molecule has 7 rings (SSSR count).